The summed E-state index contributed by atoms with van der Waals surface area (Å²) in [5.74, 6) is -3.23. The van der Waals surface area contributed by atoms with Gasteiger partial charge in [0.05, 0.1) is 41.7 Å². The predicted octanol–water partition coefficient (Wildman–Crippen LogP) is 1.68. The van der Waals surface area contributed by atoms with E-state index in [1.165, 1.54) is 0 Å². The molecule has 148 valence electrons. The average Bonchev–Trinajstić information content (AvgIpc) is 3.33. The van der Waals surface area contributed by atoms with Crippen LogP contribution in [0, 0.1) is 25.7 Å². The van der Waals surface area contributed by atoms with Crippen molar-refractivity contribution in [3.05, 3.63) is 46.2 Å². The number of nitrogens with zero attached hydrogens (tertiary/aromatic N) is 2. The fourth-order valence-electron chi connectivity index (χ4n) is 4.34. The Balaban J connectivity index is 1.55. The van der Waals surface area contributed by atoms with Crippen molar-refractivity contribution in [2.75, 3.05) is 5.32 Å². The third kappa shape index (κ3) is 3.18. The highest BCUT2D eigenvalue weighted by molar-refractivity contribution is 6.31. The van der Waals surface area contributed by atoms with Crippen LogP contribution in [0.15, 0.2) is 24.3 Å². The fourth-order valence-corrected chi connectivity index (χ4v) is 4.53. The molecule has 7 nitrogen and oxygen atoms in total. The summed E-state index contributed by atoms with van der Waals surface area (Å²) in [5, 5.41) is 19.6. The smallest absolute Gasteiger partial charge is 0.230 e. The Labute approximate surface area is 167 Å². The average molecular weight is 403 g/mol. The Hall–Kier alpha value is -2.38. The van der Waals surface area contributed by atoms with Crippen LogP contribution in [0.25, 0.3) is 0 Å². The van der Waals surface area contributed by atoms with Crippen LogP contribution in [0.3, 0.4) is 0 Å². The van der Waals surface area contributed by atoms with Gasteiger partial charge in [-0.25, -0.2) is 0 Å². The second-order valence-electron chi connectivity index (χ2n) is 7.45. The van der Waals surface area contributed by atoms with Gasteiger partial charge in [0.25, 0.3) is 0 Å². The number of rotatable bonds is 5. The summed E-state index contributed by atoms with van der Waals surface area (Å²) >= 11 is 6.24. The molecular weight excluding hydrogens is 382 g/mol. The molecule has 2 aliphatic rings. The Morgan fingerprint density at radius 1 is 1.25 bits per heavy atom. The van der Waals surface area contributed by atoms with Gasteiger partial charge in [-0.2, -0.15) is 5.10 Å². The van der Waals surface area contributed by atoms with Gasteiger partial charge in [-0.1, -0.05) is 29.8 Å². The number of halogens is 1. The summed E-state index contributed by atoms with van der Waals surface area (Å²) in [4.78, 5) is 24.4. The van der Waals surface area contributed by atoms with Crippen LogP contribution in [0.4, 0.5) is 5.69 Å². The van der Waals surface area contributed by atoms with Gasteiger partial charge in [-0.15, -0.1) is 0 Å². The zero-order valence-corrected chi connectivity index (χ0v) is 16.4. The zero-order chi connectivity index (χ0) is 20.0. The van der Waals surface area contributed by atoms with Crippen LogP contribution >= 0.6 is 11.6 Å². The quantitative estimate of drug-likeness (QED) is 0.820. The van der Waals surface area contributed by atoms with E-state index in [-0.39, 0.29) is 12.0 Å². The first-order valence-electron chi connectivity index (χ1n) is 9.31. The lowest BCUT2D eigenvalue weighted by Gasteiger charge is -2.27. The highest BCUT2D eigenvalue weighted by atomic mass is 35.5. The fraction of sp³-hybridized carbons (Fsp3) is 0.450. The number of fused-ring (bicyclic) bond motifs is 2. The Morgan fingerprint density at radius 3 is 2.61 bits per heavy atom. The number of carbonyl (C=O) groups is 2. The zero-order valence-electron chi connectivity index (χ0n) is 15.6. The number of carboxylic acid groups (broad SMARTS) is 1. The van der Waals surface area contributed by atoms with Crippen LogP contribution in [-0.2, 0) is 20.9 Å². The molecule has 8 heteroatoms. The summed E-state index contributed by atoms with van der Waals surface area (Å²) in [5.41, 5.74) is 2.95. The van der Waals surface area contributed by atoms with Gasteiger partial charge in [-0.05, 0) is 38.3 Å². The van der Waals surface area contributed by atoms with Crippen molar-refractivity contribution < 1.29 is 19.4 Å². The minimum Gasteiger partial charge on any atom is -0.550 e. The van der Waals surface area contributed by atoms with Crippen LogP contribution in [-0.4, -0.2) is 33.9 Å². The van der Waals surface area contributed by atoms with E-state index >= 15 is 0 Å². The maximum absolute atomic E-state index is 12.9. The molecular formula is C20H21ClN3O4-. The number of hydrogen-bond donors (Lipinski definition) is 1. The normalized spacial score (nSPS) is 25.8. The number of hydrogen-bond acceptors (Lipinski definition) is 5. The van der Waals surface area contributed by atoms with E-state index in [1.54, 1.807) is 11.6 Å². The monoisotopic (exact) mass is 402 g/mol. The number of anilines is 1. The molecule has 28 heavy (non-hydrogen) atoms. The molecule has 4 atom stereocenters. The molecule has 1 aromatic carbocycles. The summed E-state index contributed by atoms with van der Waals surface area (Å²) in [6, 6.07) is 7.52. The van der Waals surface area contributed by atoms with Gasteiger partial charge >= 0.3 is 0 Å². The van der Waals surface area contributed by atoms with E-state index in [9.17, 15) is 14.7 Å². The van der Waals surface area contributed by atoms with E-state index in [4.69, 9.17) is 16.3 Å². The molecule has 4 rings (SSSR count). The molecule has 0 spiro atoms. The largest absolute Gasteiger partial charge is 0.550 e. The van der Waals surface area contributed by atoms with Crippen molar-refractivity contribution in [3.63, 3.8) is 0 Å². The van der Waals surface area contributed by atoms with E-state index in [1.807, 2.05) is 31.2 Å². The van der Waals surface area contributed by atoms with Gasteiger partial charge in [0.2, 0.25) is 5.91 Å². The maximum atomic E-state index is 12.9. The molecule has 2 aliphatic heterocycles. The molecule has 2 saturated heterocycles. The Bertz CT molecular complexity index is 942. The van der Waals surface area contributed by atoms with Crippen molar-refractivity contribution in [1.29, 1.82) is 0 Å². The van der Waals surface area contributed by atoms with Crippen LogP contribution < -0.4 is 10.4 Å². The van der Waals surface area contributed by atoms with E-state index in [0.29, 0.717) is 35.8 Å². The third-order valence-corrected chi connectivity index (χ3v) is 6.12. The van der Waals surface area contributed by atoms with Crippen LogP contribution in [0.2, 0.25) is 5.02 Å². The molecule has 1 amide bonds. The maximum Gasteiger partial charge on any atom is 0.230 e. The second-order valence-corrected chi connectivity index (χ2v) is 7.85. The lowest BCUT2D eigenvalue weighted by atomic mass is 9.78. The SMILES string of the molecule is Cc1nn(Cc2ccccc2Cl)c(C)c1NC(=O)C1C2CCC(O2)C1C(=O)[O-]. The summed E-state index contributed by atoms with van der Waals surface area (Å²) in [6.07, 6.45) is 0.541. The Kier molecular flexibility index (Phi) is 4.89. The highest BCUT2D eigenvalue weighted by Gasteiger charge is 2.53. The van der Waals surface area contributed by atoms with Gasteiger partial charge < -0.3 is 20.0 Å². The molecule has 4 unspecified atom stereocenters. The number of aliphatic carboxylic acids is 1. The molecule has 3 heterocycles. The predicted molar refractivity (Wildman–Crippen MR) is 101 cm³/mol. The molecule has 2 aromatic rings. The van der Waals surface area contributed by atoms with Crippen molar-refractivity contribution in [2.24, 2.45) is 11.8 Å². The number of aromatic nitrogens is 2. The van der Waals surface area contributed by atoms with E-state index in [2.05, 4.69) is 10.4 Å². The first-order chi connectivity index (χ1) is 13.4. The topological polar surface area (TPSA) is 96.3 Å². The first-order valence-corrected chi connectivity index (χ1v) is 9.69. The number of amides is 1. The van der Waals surface area contributed by atoms with Gasteiger partial charge in [0, 0.05) is 16.9 Å². The molecule has 0 radical (unpaired) electrons. The molecule has 0 saturated carbocycles. The standard InChI is InChI=1S/C20H22ClN3O4/c1-10-18(11(2)24(23-10)9-12-5-3-4-6-13(12)21)22-19(25)16-14-7-8-15(28-14)17(16)20(26)27/h3-6,14-17H,7-9H2,1-2H3,(H,22,25)(H,26,27)/p-1. The lowest BCUT2D eigenvalue weighted by Crippen LogP contribution is -2.46. The van der Waals surface area contributed by atoms with Crippen LogP contribution in [0.5, 0.6) is 0 Å². The van der Waals surface area contributed by atoms with E-state index < -0.39 is 23.9 Å². The van der Waals surface area contributed by atoms with Crippen molar-refractivity contribution >= 4 is 29.2 Å². The van der Waals surface area contributed by atoms with Gasteiger partial charge in [0.15, 0.2) is 0 Å². The third-order valence-electron chi connectivity index (χ3n) is 5.76. The number of aryl methyl sites for hydroxylation is 1. The number of carbonyl (C=O) groups excluding carboxylic acids is 2. The van der Waals surface area contributed by atoms with Gasteiger partial charge in [0.1, 0.15) is 0 Å². The molecule has 1 aromatic heterocycles. The highest BCUT2D eigenvalue weighted by Crippen LogP contribution is 2.43. The minimum atomic E-state index is -1.23. The van der Waals surface area contributed by atoms with Crippen LogP contribution in [0.1, 0.15) is 29.8 Å². The molecule has 2 fully saturated rings. The van der Waals surface area contributed by atoms with Crippen molar-refractivity contribution in [2.45, 2.75) is 45.4 Å². The molecule has 2 bridgehead atoms. The lowest BCUT2D eigenvalue weighted by molar-refractivity contribution is -0.313. The van der Waals surface area contributed by atoms with Crippen molar-refractivity contribution in [3.8, 4) is 0 Å². The van der Waals surface area contributed by atoms with Crippen molar-refractivity contribution in [1.82, 2.24) is 9.78 Å². The Morgan fingerprint density at radius 2 is 1.93 bits per heavy atom. The number of carboxylic acids is 1. The molecule has 0 aliphatic carbocycles. The first kappa shape index (κ1) is 19.0. The number of ether oxygens (including phenoxy) is 1. The minimum absolute atomic E-state index is 0.357. The second kappa shape index (κ2) is 7.22. The van der Waals surface area contributed by atoms with E-state index in [0.717, 1.165) is 11.3 Å². The number of nitrogens with one attached hydrogen (secondary N) is 1. The summed E-state index contributed by atoms with van der Waals surface area (Å²) in [6.45, 7) is 4.14. The number of benzene rings is 1. The molecule has 1 N–H and O–H groups in total. The van der Waals surface area contributed by atoms with Gasteiger partial charge in [-0.3, -0.25) is 9.48 Å². The summed E-state index contributed by atoms with van der Waals surface area (Å²) in [7, 11) is 0. The summed E-state index contributed by atoms with van der Waals surface area (Å²) < 4.78 is 7.44.